The minimum Gasteiger partial charge on any atom is -0.444 e. The van der Waals surface area contributed by atoms with Crippen LogP contribution in [0.25, 0.3) is 0 Å². The fourth-order valence-electron chi connectivity index (χ4n) is 1.67. The first-order valence-corrected chi connectivity index (χ1v) is 6.07. The summed E-state index contributed by atoms with van der Waals surface area (Å²) in [5.41, 5.74) is 0.310. The second-order valence-electron chi connectivity index (χ2n) is 5.25. The minimum absolute atomic E-state index is 0.00411. The first kappa shape index (κ1) is 13.7. The molecule has 96 valence electrons. The zero-order valence-corrected chi connectivity index (χ0v) is 10.8. The molecule has 0 atom stereocenters. The molecule has 0 radical (unpaired) electrons. The van der Waals surface area contributed by atoms with Crippen molar-refractivity contribution in [1.82, 2.24) is 5.32 Å². The van der Waals surface area contributed by atoms with E-state index in [9.17, 15) is 9.59 Å². The van der Waals surface area contributed by atoms with Crippen LogP contribution < -0.4 is 5.32 Å². The first-order chi connectivity index (χ1) is 7.88. The zero-order chi connectivity index (χ0) is 12.9. The van der Waals surface area contributed by atoms with Gasteiger partial charge in [-0.15, -0.1) is 0 Å². The lowest BCUT2D eigenvalue weighted by molar-refractivity contribution is -0.115. The Morgan fingerprint density at radius 3 is 2.59 bits per heavy atom. The summed E-state index contributed by atoms with van der Waals surface area (Å²) in [4.78, 5) is 23.1. The van der Waals surface area contributed by atoms with Crippen molar-refractivity contribution in [3.8, 4) is 0 Å². The van der Waals surface area contributed by atoms with Crippen LogP contribution in [0.3, 0.4) is 0 Å². The lowest BCUT2D eigenvalue weighted by atomic mass is 9.96. The van der Waals surface area contributed by atoms with E-state index in [1.165, 1.54) is 0 Å². The summed E-state index contributed by atoms with van der Waals surface area (Å²) < 4.78 is 5.05. The monoisotopic (exact) mass is 239 g/mol. The number of hydrogen-bond acceptors (Lipinski definition) is 3. The molecule has 0 spiro atoms. The maximum absolute atomic E-state index is 11.7. The maximum Gasteiger partial charge on any atom is 0.408 e. The number of alkyl carbamates (subject to hydrolysis) is 1. The van der Waals surface area contributed by atoms with Crippen LogP contribution in [-0.4, -0.2) is 24.0 Å². The summed E-state index contributed by atoms with van der Waals surface area (Å²) in [5, 5.41) is 2.48. The minimum atomic E-state index is -0.540. The zero-order valence-electron chi connectivity index (χ0n) is 10.8. The first-order valence-electron chi connectivity index (χ1n) is 6.07. The highest BCUT2D eigenvalue weighted by atomic mass is 16.6. The number of carbonyl (C=O) groups is 2. The van der Waals surface area contributed by atoms with Crippen molar-refractivity contribution >= 4 is 11.9 Å². The van der Waals surface area contributed by atoms with Gasteiger partial charge in [-0.05, 0) is 52.0 Å². The molecule has 0 saturated heterocycles. The lowest BCUT2D eigenvalue weighted by Crippen LogP contribution is -2.35. The van der Waals surface area contributed by atoms with Crippen LogP contribution in [0.5, 0.6) is 0 Å². The second kappa shape index (κ2) is 5.84. The number of ether oxygens (including phenoxy) is 1. The molecule has 1 rings (SSSR count). The summed E-state index contributed by atoms with van der Waals surface area (Å²) >= 11 is 0. The molecule has 4 nitrogen and oxygen atoms in total. The number of nitrogens with one attached hydrogen (secondary N) is 1. The van der Waals surface area contributed by atoms with Crippen molar-refractivity contribution < 1.29 is 14.3 Å². The average Bonchev–Trinajstić information content (AvgIpc) is 2.25. The van der Waals surface area contributed by atoms with E-state index in [4.69, 9.17) is 4.74 Å². The molecule has 0 heterocycles. The Hall–Kier alpha value is -1.32. The molecule has 0 bridgehead atoms. The predicted molar refractivity (Wildman–Crippen MR) is 65.8 cm³/mol. The SMILES string of the molecule is CC(C)(C)OC(=O)NCC(=O)C1=CCCCC1. The van der Waals surface area contributed by atoms with Crippen molar-refractivity contribution in [1.29, 1.82) is 0 Å². The number of amides is 1. The highest BCUT2D eigenvalue weighted by Crippen LogP contribution is 2.17. The van der Waals surface area contributed by atoms with Crippen LogP contribution >= 0.6 is 0 Å². The van der Waals surface area contributed by atoms with E-state index in [1.54, 1.807) is 20.8 Å². The van der Waals surface area contributed by atoms with Crippen LogP contribution in [0.1, 0.15) is 46.5 Å². The normalized spacial score (nSPS) is 16.1. The Morgan fingerprint density at radius 2 is 2.06 bits per heavy atom. The van der Waals surface area contributed by atoms with E-state index in [1.807, 2.05) is 6.08 Å². The Morgan fingerprint density at radius 1 is 1.35 bits per heavy atom. The van der Waals surface area contributed by atoms with Crippen LogP contribution in [-0.2, 0) is 9.53 Å². The van der Waals surface area contributed by atoms with E-state index in [2.05, 4.69) is 5.32 Å². The van der Waals surface area contributed by atoms with Crippen molar-refractivity contribution in [2.24, 2.45) is 0 Å². The van der Waals surface area contributed by atoms with Gasteiger partial charge in [0.05, 0.1) is 6.54 Å². The number of carbonyl (C=O) groups excluding carboxylic acids is 2. The van der Waals surface area contributed by atoms with E-state index < -0.39 is 11.7 Å². The van der Waals surface area contributed by atoms with Crippen LogP contribution in [0.15, 0.2) is 11.6 Å². The molecule has 1 N–H and O–H groups in total. The van der Waals surface area contributed by atoms with E-state index >= 15 is 0 Å². The fourth-order valence-corrected chi connectivity index (χ4v) is 1.67. The molecule has 0 aromatic heterocycles. The molecule has 0 aromatic carbocycles. The van der Waals surface area contributed by atoms with Crippen LogP contribution in [0, 0.1) is 0 Å². The van der Waals surface area contributed by atoms with Gasteiger partial charge in [0.25, 0.3) is 0 Å². The van der Waals surface area contributed by atoms with Gasteiger partial charge in [0, 0.05) is 0 Å². The molecular weight excluding hydrogens is 218 g/mol. The number of allylic oxidation sites excluding steroid dienone is 1. The highest BCUT2D eigenvalue weighted by Gasteiger charge is 2.18. The van der Waals surface area contributed by atoms with Crippen molar-refractivity contribution in [3.05, 3.63) is 11.6 Å². The van der Waals surface area contributed by atoms with E-state index in [0.717, 1.165) is 31.3 Å². The Bertz CT molecular complexity index is 326. The average molecular weight is 239 g/mol. The van der Waals surface area contributed by atoms with Gasteiger partial charge in [-0.3, -0.25) is 4.79 Å². The van der Waals surface area contributed by atoms with Gasteiger partial charge in [0.2, 0.25) is 0 Å². The molecule has 4 heteroatoms. The molecule has 0 unspecified atom stereocenters. The molecule has 0 aromatic rings. The quantitative estimate of drug-likeness (QED) is 0.823. The maximum atomic E-state index is 11.7. The molecule has 0 aliphatic heterocycles. The third-order valence-corrected chi connectivity index (χ3v) is 2.44. The van der Waals surface area contributed by atoms with Crippen molar-refractivity contribution in [2.45, 2.75) is 52.1 Å². The van der Waals surface area contributed by atoms with Gasteiger partial charge in [0.15, 0.2) is 5.78 Å². The van der Waals surface area contributed by atoms with E-state index in [-0.39, 0.29) is 12.3 Å². The summed E-state index contributed by atoms with van der Waals surface area (Å²) in [7, 11) is 0. The molecule has 1 amide bonds. The molecule has 0 saturated carbocycles. The van der Waals surface area contributed by atoms with Gasteiger partial charge >= 0.3 is 6.09 Å². The highest BCUT2D eigenvalue weighted by molar-refractivity contribution is 5.98. The number of rotatable bonds is 3. The van der Waals surface area contributed by atoms with Crippen LogP contribution in [0.2, 0.25) is 0 Å². The number of ketones is 1. The fraction of sp³-hybridized carbons (Fsp3) is 0.692. The number of hydrogen-bond donors (Lipinski definition) is 1. The molecular formula is C13H21NO3. The van der Waals surface area contributed by atoms with Gasteiger partial charge in [-0.2, -0.15) is 0 Å². The molecule has 0 fully saturated rings. The van der Waals surface area contributed by atoms with Gasteiger partial charge < -0.3 is 10.1 Å². The van der Waals surface area contributed by atoms with Gasteiger partial charge in [-0.25, -0.2) is 4.79 Å². The topological polar surface area (TPSA) is 55.4 Å². The molecule has 1 aliphatic carbocycles. The Balaban J connectivity index is 2.33. The third-order valence-electron chi connectivity index (χ3n) is 2.44. The van der Waals surface area contributed by atoms with Crippen molar-refractivity contribution in [2.75, 3.05) is 6.54 Å². The summed E-state index contributed by atoms with van der Waals surface area (Å²) in [6, 6.07) is 0. The lowest BCUT2D eigenvalue weighted by Gasteiger charge is -2.19. The van der Waals surface area contributed by atoms with Crippen LogP contribution in [0.4, 0.5) is 4.79 Å². The smallest absolute Gasteiger partial charge is 0.408 e. The van der Waals surface area contributed by atoms with Gasteiger partial charge in [0.1, 0.15) is 5.60 Å². The van der Waals surface area contributed by atoms with E-state index in [0.29, 0.717) is 0 Å². The standard InChI is InChI=1S/C13H21NO3/c1-13(2,3)17-12(16)14-9-11(15)10-7-5-4-6-8-10/h7H,4-6,8-9H2,1-3H3,(H,14,16). The third kappa shape index (κ3) is 5.52. The largest absolute Gasteiger partial charge is 0.444 e. The Labute approximate surface area is 102 Å². The summed E-state index contributed by atoms with van der Waals surface area (Å²) in [6.07, 6.45) is 5.44. The molecule has 1 aliphatic rings. The van der Waals surface area contributed by atoms with Gasteiger partial charge in [-0.1, -0.05) is 6.08 Å². The predicted octanol–water partition coefficient (Wildman–Crippen LogP) is 2.58. The number of Topliss-reactive ketones (excluding diaryl/α,β-unsaturated/α-hetero) is 1. The molecule has 17 heavy (non-hydrogen) atoms. The summed E-state index contributed by atoms with van der Waals surface area (Å²) in [5.74, 6) is -0.00411. The Kier molecular flexibility index (Phi) is 4.73. The summed E-state index contributed by atoms with van der Waals surface area (Å²) in [6.45, 7) is 5.40. The van der Waals surface area contributed by atoms with Crippen molar-refractivity contribution in [3.63, 3.8) is 0 Å². The second-order valence-corrected chi connectivity index (χ2v) is 5.25.